The molecule has 0 amide bonds. The zero-order chi connectivity index (χ0) is 13.2. The molecule has 0 spiro atoms. The summed E-state index contributed by atoms with van der Waals surface area (Å²) in [5, 5.41) is 0.694. The molecule has 0 radical (unpaired) electrons. The average molecular weight is 271 g/mol. The Morgan fingerprint density at radius 3 is 2.37 bits per heavy atom. The molecule has 2 aromatic carbocycles. The third-order valence-corrected chi connectivity index (χ3v) is 4.01. The molecule has 0 bridgehead atoms. The maximum Gasteiger partial charge on any atom is 0.140 e. The second kappa shape index (κ2) is 5.18. The first-order chi connectivity index (χ1) is 9.22. The molecule has 0 saturated carbocycles. The molecule has 2 heteroatoms. The molecule has 0 N–H and O–H groups in total. The zero-order valence-corrected chi connectivity index (χ0v) is 11.4. The molecule has 0 heterocycles. The Kier molecular flexibility index (Phi) is 3.39. The molecule has 3 rings (SSSR count). The molecule has 0 unspecified atom stereocenters. The van der Waals surface area contributed by atoms with Crippen molar-refractivity contribution in [2.75, 3.05) is 0 Å². The van der Waals surface area contributed by atoms with Crippen LogP contribution in [-0.4, -0.2) is 5.78 Å². The van der Waals surface area contributed by atoms with Crippen LogP contribution >= 0.6 is 11.6 Å². The highest BCUT2D eigenvalue weighted by Crippen LogP contribution is 2.28. The van der Waals surface area contributed by atoms with Gasteiger partial charge in [-0.25, -0.2) is 0 Å². The van der Waals surface area contributed by atoms with Gasteiger partial charge in [-0.05, 0) is 41.7 Å². The first-order valence-corrected chi connectivity index (χ1v) is 6.94. The van der Waals surface area contributed by atoms with Gasteiger partial charge in [0, 0.05) is 17.4 Å². The minimum absolute atomic E-state index is 0.136. The van der Waals surface area contributed by atoms with E-state index in [0.717, 1.165) is 18.4 Å². The van der Waals surface area contributed by atoms with Gasteiger partial charge in [0.1, 0.15) is 5.78 Å². The second-order valence-electron chi connectivity index (χ2n) is 5.15. The van der Waals surface area contributed by atoms with Crippen molar-refractivity contribution in [2.24, 2.45) is 5.92 Å². The van der Waals surface area contributed by atoms with Crippen molar-refractivity contribution < 1.29 is 4.79 Å². The SMILES string of the molecule is O=C(Cc1cccc(Cl)c1)C1Cc2ccccc2C1. The summed E-state index contributed by atoms with van der Waals surface area (Å²) in [6.45, 7) is 0. The van der Waals surface area contributed by atoms with Crippen molar-refractivity contribution >= 4 is 17.4 Å². The third-order valence-electron chi connectivity index (χ3n) is 3.77. The number of rotatable bonds is 3. The number of hydrogen-bond donors (Lipinski definition) is 0. The largest absolute Gasteiger partial charge is 0.299 e. The predicted molar refractivity (Wildman–Crippen MR) is 77.5 cm³/mol. The lowest BCUT2D eigenvalue weighted by Crippen LogP contribution is -2.17. The fraction of sp³-hybridized carbons (Fsp3) is 0.235. The highest BCUT2D eigenvalue weighted by molar-refractivity contribution is 6.30. The summed E-state index contributed by atoms with van der Waals surface area (Å²) in [4.78, 5) is 12.4. The van der Waals surface area contributed by atoms with Crippen LogP contribution in [0.15, 0.2) is 48.5 Å². The van der Waals surface area contributed by atoms with E-state index < -0.39 is 0 Å². The van der Waals surface area contributed by atoms with E-state index in [1.165, 1.54) is 11.1 Å². The highest BCUT2D eigenvalue weighted by atomic mass is 35.5. The van der Waals surface area contributed by atoms with E-state index in [9.17, 15) is 4.79 Å². The summed E-state index contributed by atoms with van der Waals surface area (Å²) < 4.78 is 0. The maximum absolute atomic E-state index is 12.4. The van der Waals surface area contributed by atoms with Gasteiger partial charge < -0.3 is 0 Å². The number of Topliss-reactive ketones (excluding diaryl/α,β-unsaturated/α-hetero) is 1. The van der Waals surface area contributed by atoms with Crippen LogP contribution in [0.1, 0.15) is 16.7 Å². The molecule has 0 fully saturated rings. The van der Waals surface area contributed by atoms with Crippen LogP contribution in [0.4, 0.5) is 0 Å². The molecule has 1 aliphatic carbocycles. The number of halogens is 1. The first-order valence-electron chi connectivity index (χ1n) is 6.56. The fourth-order valence-electron chi connectivity index (χ4n) is 2.78. The molecule has 1 aliphatic rings. The van der Waals surface area contributed by atoms with Crippen molar-refractivity contribution in [2.45, 2.75) is 19.3 Å². The van der Waals surface area contributed by atoms with Crippen LogP contribution in [0.3, 0.4) is 0 Å². The summed E-state index contributed by atoms with van der Waals surface area (Å²) in [6.07, 6.45) is 2.25. The standard InChI is InChI=1S/C17H15ClO/c18-16-7-3-4-12(8-16)9-17(19)15-10-13-5-1-2-6-14(13)11-15/h1-8,15H,9-11H2. The van der Waals surface area contributed by atoms with Gasteiger partial charge in [0.15, 0.2) is 0 Å². The first kappa shape index (κ1) is 12.4. The molecule has 0 atom stereocenters. The molecule has 1 nitrogen and oxygen atoms in total. The quantitative estimate of drug-likeness (QED) is 0.828. The predicted octanol–water partition coefficient (Wildman–Crippen LogP) is 3.87. The van der Waals surface area contributed by atoms with Crippen LogP contribution in [0.5, 0.6) is 0 Å². The minimum Gasteiger partial charge on any atom is -0.299 e. The highest BCUT2D eigenvalue weighted by Gasteiger charge is 2.26. The van der Waals surface area contributed by atoms with Gasteiger partial charge in [-0.2, -0.15) is 0 Å². The number of carbonyl (C=O) groups is 1. The van der Waals surface area contributed by atoms with E-state index in [1.807, 2.05) is 36.4 Å². The van der Waals surface area contributed by atoms with Gasteiger partial charge in [-0.1, -0.05) is 48.0 Å². The lowest BCUT2D eigenvalue weighted by Gasteiger charge is -2.08. The van der Waals surface area contributed by atoms with Crippen molar-refractivity contribution in [3.05, 3.63) is 70.2 Å². The molecule has 96 valence electrons. The fourth-order valence-corrected chi connectivity index (χ4v) is 2.99. The Labute approximate surface area is 118 Å². The molecule has 0 saturated heterocycles. The van der Waals surface area contributed by atoms with E-state index in [4.69, 9.17) is 11.6 Å². The van der Waals surface area contributed by atoms with Crippen molar-refractivity contribution in [3.63, 3.8) is 0 Å². The van der Waals surface area contributed by atoms with E-state index in [1.54, 1.807) is 0 Å². The van der Waals surface area contributed by atoms with Gasteiger partial charge in [0.25, 0.3) is 0 Å². The Morgan fingerprint density at radius 1 is 1.05 bits per heavy atom. The lowest BCUT2D eigenvalue weighted by molar-refractivity contribution is -0.121. The molecular weight excluding hydrogens is 256 g/mol. The van der Waals surface area contributed by atoms with Crippen LogP contribution < -0.4 is 0 Å². The summed E-state index contributed by atoms with van der Waals surface area (Å²) in [5.41, 5.74) is 3.66. The van der Waals surface area contributed by atoms with Crippen molar-refractivity contribution in [1.82, 2.24) is 0 Å². The Hall–Kier alpha value is -1.60. The topological polar surface area (TPSA) is 17.1 Å². The van der Waals surface area contributed by atoms with Gasteiger partial charge >= 0.3 is 0 Å². The van der Waals surface area contributed by atoms with Crippen LogP contribution in [-0.2, 0) is 24.1 Å². The molecule has 2 aromatic rings. The van der Waals surface area contributed by atoms with Gasteiger partial charge in [0.05, 0.1) is 0 Å². The molecule has 0 aromatic heterocycles. The Bertz CT molecular complexity index is 593. The summed E-state index contributed by atoms with van der Waals surface area (Å²) in [6, 6.07) is 15.9. The normalized spacial score (nSPS) is 14.4. The van der Waals surface area contributed by atoms with Crippen molar-refractivity contribution in [3.8, 4) is 0 Å². The summed E-state index contributed by atoms with van der Waals surface area (Å²) in [7, 11) is 0. The Balaban J connectivity index is 1.70. The average Bonchev–Trinajstić information content (AvgIpc) is 2.82. The third kappa shape index (κ3) is 2.71. The van der Waals surface area contributed by atoms with Crippen LogP contribution in [0.25, 0.3) is 0 Å². The lowest BCUT2D eigenvalue weighted by atomic mass is 9.95. The van der Waals surface area contributed by atoms with Crippen molar-refractivity contribution in [1.29, 1.82) is 0 Å². The smallest absolute Gasteiger partial charge is 0.140 e. The number of benzene rings is 2. The van der Waals surface area contributed by atoms with Gasteiger partial charge in [-0.15, -0.1) is 0 Å². The van der Waals surface area contributed by atoms with E-state index in [2.05, 4.69) is 12.1 Å². The van der Waals surface area contributed by atoms with Crippen LogP contribution in [0.2, 0.25) is 5.02 Å². The summed E-state index contributed by atoms with van der Waals surface area (Å²) >= 11 is 5.95. The Morgan fingerprint density at radius 2 is 1.74 bits per heavy atom. The monoisotopic (exact) mass is 270 g/mol. The van der Waals surface area contributed by atoms with Crippen LogP contribution in [0, 0.1) is 5.92 Å². The van der Waals surface area contributed by atoms with E-state index in [0.29, 0.717) is 17.2 Å². The number of hydrogen-bond acceptors (Lipinski definition) is 1. The van der Waals surface area contributed by atoms with E-state index >= 15 is 0 Å². The van der Waals surface area contributed by atoms with Gasteiger partial charge in [0.2, 0.25) is 0 Å². The number of carbonyl (C=O) groups excluding carboxylic acids is 1. The molecule has 0 aliphatic heterocycles. The minimum atomic E-state index is 0.136. The number of fused-ring (bicyclic) bond motifs is 1. The number of ketones is 1. The molecular formula is C17H15ClO. The molecule has 19 heavy (non-hydrogen) atoms. The maximum atomic E-state index is 12.4. The second-order valence-corrected chi connectivity index (χ2v) is 5.58. The van der Waals surface area contributed by atoms with Gasteiger partial charge in [-0.3, -0.25) is 4.79 Å². The zero-order valence-electron chi connectivity index (χ0n) is 10.6. The summed E-state index contributed by atoms with van der Waals surface area (Å²) in [5.74, 6) is 0.454. The van der Waals surface area contributed by atoms with E-state index in [-0.39, 0.29) is 5.92 Å².